The molecule has 3 rings (SSSR count). The molecule has 21 heavy (non-hydrogen) atoms. The molecule has 1 nitrogen and oxygen atoms in total. The second kappa shape index (κ2) is 5.92. The summed E-state index contributed by atoms with van der Waals surface area (Å²) in [6.45, 7) is 2.10. The Hall–Kier alpha value is -2.41. The minimum absolute atomic E-state index is 0.101. The molecule has 2 aromatic carbocycles. The Bertz CT molecular complexity index is 708. The van der Waals surface area contributed by atoms with E-state index in [-0.39, 0.29) is 11.7 Å². The molecule has 1 aliphatic carbocycles. The van der Waals surface area contributed by atoms with Gasteiger partial charge in [-0.05, 0) is 18.9 Å². The first kappa shape index (κ1) is 13.6. The molecule has 0 saturated heterocycles. The molecule has 0 fully saturated rings. The van der Waals surface area contributed by atoms with Crippen molar-refractivity contribution in [1.29, 1.82) is 0 Å². The largest absolute Gasteiger partial charge is 0.289 e. The van der Waals surface area contributed by atoms with Crippen LogP contribution in [-0.2, 0) is 0 Å². The fourth-order valence-electron chi connectivity index (χ4n) is 2.72. The third-order valence-electron chi connectivity index (χ3n) is 3.84. The Balaban J connectivity index is 1.89. The van der Waals surface area contributed by atoms with Gasteiger partial charge in [0.2, 0.25) is 0 Å². The standard InChI is InChI=1S/C20H18O/c1-15-7-5-10-17(13-15)18-11-6-12-19(14-18)20(21)16-8-3-2-4-9-16/h2-10,12-14,18H,11H2,1H3. The zero-order valence-corrected chi connectivity index (χ0v) is 12.1. The monoisotopic (exact) mass is 274 g/mol. The Kier molecular flexibility index (Phi) is 3.83. The third-order valence-corrected chi connectivity index (χ3v) is 3.84. The molecule has 104 valence electrons. The minimum atomic E-state index is 0.101. The summed E-state index contributed by atoms with van der Waals surface area (Å²) >= 11 is 0. The number of carbonyl (C=O) groups excluding carboxylic acids is 1. The summed E-state index contributed by atoms with van der Waals surface area (Å²) in [4.78, 5) is 12.5. The number of hydrogen-bond acceptors (Lipinski definition) is 1. The molecule has 0 heterocycles. The summed E-state index contributed by atoms with van der Waals surface area (Å²) < 4.78 is 0. The molecular formula is C20H18O. The number of ketones is 1. The molecular weight excluding hydrogens is 256 g/mol. The quantitative estimate of drug-likeness (QED) is 0.731. The SMILES string of the molecule is Cc1cccc(C2C=C(C(=O)c3ccccc3)C=CC2)c1. The van der Waals surface area contributed by atoms with E-state index in [1.54, 1.807) is 0 Å². The topological polar surface area (TPSA) is 17.1 Å². The number of allylic oxidation sites excluding steroid dienone is 4. The van der Waals surface area contributed by atoms with E-state index in [1.807, 2.05) is 36.4 Å². The number of Topliss-reactive ketones (excluding diaryl/α,β-unsaturated/α-hetero) is 1. The lowest BCUT2D eigenvalue weighted by atomic mass is 9.87. The van der Waals surface area contributed by atoms with E-state index in [1.165, 1.54) is 11.1 Å². The molecule has 0 saturated carbocycles. The zero-order valence-electron chi connectivity index (χ0n) is 12.1. The van der Waals surface area contributed by atoms with Gasteiger partial charge in [0, 0.05) is 17.1 Å². The average Bonchev–Trinajstić information content (AvgIpc) is 2.55. The Morgan fingerprint density at radius 2 is 1.86 bits per heavy atom. The van der Waals surface area contributed by atoms with Crippen LogP contribution in [0.4, 0.5) is 0 Å². The van der Waals surface area contributed by atoms with Gasteiger partial charge in [-0.25, -0.2) is 0 Å². The van der Waals surface area contributed by atoms with Crippen molar-refractivity contribution >= 4 is 5.78 Å². The summed E-state index contributed by atoms with van der Waals surface area (Å²) in [5.41, 5.74) is 4.07. The van der Waals surface area contributed by atoms with Gasteiger partial charge in [-0.15, -0.1) is 0 Å². The van der Waals surface area contributed by atoms with Crippen molar-refractivity contribution in [2.45, 2.75) is 19.3 Å². The average molecular weight is 274 g/mol. The number of rotatable bonds is 3. The first-order chi connectivity index (χ1) is 10.2. The highest BCUT2D eigenvalue weighted by Gasteiger charge is 2.17. The fourth-order valence-corrected chi connectivity index (χ4v) is 2.72. The van der Waals surface area contributed by atoms with Gasteiger partial charge in [-0.1, -0.05) is 78.4 Å². The lowest BCUT2D eigenvalue weighted by molar-refractivity contribution is 0.103. The molecule has 1 atom stereocenters. The van der Waals surface area contributed by atoms with Crippen LogP contribution in [0, 0.1) is 6.92 Å². The summed E-state index contributed by atoms with van der Waals surface area (Å²) in [6, 6.07) is 18.0. The highest BCUT2D eigenvalue weighted by molar-refractivity contribution is 6.10. The molecule has 0 spiro atoms. The van der Waals surface area contributed by atoms with Crippen LogP contribution in [0.25, 0.3) is 0 Å². The van der Waals surface area contributed by atoms with Crippen LogP contribution < -0.4 is 0 Å². The van der Waals surface area contributed by atoms with E-state index in [9.17, 15) is 4.79 Å². The highest BCUT2D eigenvalue weighted by atomic mass is 16.1. The molecule has 0 bridgehead atoms. The highest BCUT2D eigenvalue weighted by Crippen LogP contribution is 2.28. The third kappa shape index (κ3) is 3.03. The van der Waals surface area contributed by atoms with Gasteiger partial charge in [0.05, 0.1) is 0 Å². The van der Waals surface area contributed by atoms with E-state index in [2.05, 4.69) is 43.3 Å². The van der Waals surface area contributed by atoms with Crippen LogP contribution >= 0.6 is 0 Å². The van der Waals surface area contributed by atoms with Gasteiger partial charge in [0.15, 0.2) is 5.78 Å². The molecule has 0 aromatic heterocycles. The van der Waals surface area contributed by atoms with Crippen molar-refractivity contribution in [3.05, 3.63) is 95.1 Å². The summed E-state index contributed by atoms with van der Waals surface area (Å²) in [5, 5.41) is 0. The van der Waals surface area contributed by atoms with Crippen molar-refractivity contribution in [3.8, 4) is 0 Å². The fraction of sp³-hybridized carbons (Fsp3) is 0.150. The van der Waals surface area contributed by atoms with Gasteiger partial charge in [0.1, 0.15) is 0 Å². The molecule has 0 N–H and O–H groups in total. The Morgan fingerprint density at radius 1 is 1.05 bits per heavy atom. The zero-order chi connectivity index (χ0) is 14.7. The Labute approximate surface area is 125 Å². The molecule has 0 radical (unpaired) electrons. The van der Waals surface area contributed by atoms with Crippen LogP contribution in [-0.4, -0.2) is 5.78 Å². The van der Waals surface area contributed by atoms with Crippen molar-refractivity contribution in [2.75, 3.05) is 0 Å². The van der Waals surface area contributed by atoms with Crippen LogP contribution in [0.3, 0.4) is 0 Å². The number of hydrogen-bond donors (Lipinski definition) is 0. The molecule has 1 heteroatoms. The van der Waals surface area contributed by atoms with Crippen molar-refractivity contribution in [3.63, 3.8) is 0 Å². The van der Waals surface area contributed by atoms with E-state index in [0.717, 1.165) is 17.6 Å². The van der Waals surface area contributed by atoms with E-state index in [0.29, 0.717) is 0 Å². The van der Waals surface area contributed by atoms with Crippen molar-refractivity contribution in [2.24, 2.45) is 0 Å². The van der Waals surface area contributed by atoms with Crippen molar-refractivity contribution in [1.82, 2.24) is 0 Å². The van der Waals surface area contributed by atoms with Crippen LogP contribution in [0.2, 0.25) is 0 Å². The lowest BCUT2D eigenvalue weighted by Crippen LogP contribution is -2.07. The first-order valence-corrected chi connectivity index (χ1v) is 7.29. The van der Waals surface area contributed by atoms with Crippen LogP contribution in [0.1, 0.15) is 33.8 Å². The number of carbonyl (C=O) groups is 1. The van der Waals surface area contributed by atoms with Crippen LogP contribution in [0.15, 0.2) is 78.4 Å². The lowest BCUT2D eigenvalue weighted by Gasteiger charge is -2.17. The van der Waals surface area contributed by atoms with Crippen LogP contribution in [0.5, 0.6) is 0 Å². The van der Waals surface area contributed by atoms with E-state index >= 15 is 0 Å². The smallest absolute Gasteiger partial charge is 0.192 e. The summed E-state index contributed by atoms with van der Waals surface area (Å²) in [5.74, 6) is 0.391. The molecule has 0 amide bonds. The first-order valence-electron chi connectivity index (χ1n) is 7.29. The maximum atomic E-state index is 12.5. The Morgan fingerprint density at radius 3 is 2.62 bits per heavy atom. The van der Waals surface area contributed by atoms with E-state index in [4.69, 9.17) is 0 Å². The molecule has 2 aromatic rings. The summed E-state index contributed by atoms with van der Waals surface area (Å²) in [6.07, 6.45) is 7.10. The summed E-state index contributed by atoms with van der Waals surface area (Å²) in [7, 11) is 0. The predicted octanol–water partition coefficient (Wildman–Crippen LogP) is 4.85. The molecule has 1 unspecified atom stereocenters. The van der Waals surface area contributed by atoms with Gasteiger partial charge in [0.25, 0.3) is 0 Å². The maximum absolute atomic E-state index is 12.5. The maximum Gasteiger partial charge on any atom is 0.192 e. The minimum Gasteiger partial charge on any atom is -0.289 e. The van der Waals surface area contributed by atoms with Crippen molar-refractivity contribution < 1.29 is 4.79 Å². The van der Waals surface area contributed by atoms with Gasteiger partial charge >= 0.3 is 0 Å². The second-order valence-electron chi connectivity index (χ2n) is 5.48. The van der Waals surface area contributed by atoms with E-state index < -0.39 is 0 Å². The normalized spacial score (nSPS) is 17.4. The number of benzene rings is 2. The predicted molar refractivity (Wildman–Crippen MR) is 86.5 cm³/mol. The van der Waals surface area contributed by atoms with Gasteiger partial charge < -0.3 is 0 Å². The molecule has 1 aliphatic rings. The second-order valence-corrected chi connectivity index (χ2v) is 5.48. The van der Waals surface area contributed by atoms with Gasteiger partial charge in [-0.3, -0.25) is 4.79 Å². The molecule has 0 aliphatic heterocycles. The van der Waals surface area contributed by atoms with Gasteiger partial charge in [-0.2, -0.15) is 0 Å². The number of aryl methyl sites for hydroxylation is 1.